The summed E-state index contributed by atoms with van der Waals surface area (Å²) in [6.45, 7) is 6.45. The van der Waals surface area contributed by atoms with Gasteiger partial charge >= 0.3 is 0 Å². The van der Waals surface area contributed by atoms with Crippen LogP contribution in [0, 0.1) is 5.92 Å². The minimum atomic E-state index is 0.229. The fourth-order valence-electron chi connectivity index (χ4n) is 1.88. The Hall–Kier alpha value is -0.120. The van der Waals surface area contributed by atoms with E-state index in [2.05, 4.69) is 19.2 Å². The van der Waals surface area contributed by atoms with Gasteiger partial charge < -0.3 is 15.2 Å². The van der Waals surface area contributed by atoms with E-state index < -0.39 is 0 Å². The second kappa shape index (κ2) is 11.4. The lowest BCUT2D eigenvalue weighted by Crippen LogP contribution is -2.37. The Balaban J connectivity index is 3.76. The van der Waals surface area contributed by atoms with Crippen molar-refractivity contribution in [3.8, 4) is 0 Å². The highest BCUT2D eigenvalue weighted by Gasteiger charge is 2.10. The Morgan fingerprint density at radius 3 is 2.50 bits per heavy atom. The number of nitrogens with one attached hydrogen (secondary N) is 1. The summed E-state index contributed by atoms with van der Waals surface area (Å²) in [7, 11) is 1.71. The molecule has 0 rings (SSSR count). The van der Waals surface area contributed by atoms with Crippen LogP contribution in [0.5, 0.6) is 0 Å². The fourth-order valence-corrected chi connectivity index (χ4v) is 1.88. The van der Waals surface area contributed by atoms with E-state index in [-0.39, 0.29) is 6.61 Å². The molecule has 0 saturated heterocycles. The van der Waals surface area contributed by atoms with Gasteiger partial charge in [-0.05, 0) is 25.3 Å². The molecule has 0 amide bonds. The van der Waals surface area contributed by atoms with E-state index in [0.29, 0.717) is 12.6 Å². The van der Waals surface area contributed by atoms with Crippen LogP contribution in [0.15, 0.2) is 0 Å². The predicted molar refractivity (Wildman–Crippen MR) is 68.7 cm³/mol. The minimum absolute atomic E-state index is 0.229. The standard InChI is InChI=1S/C13H29NO2/c1-4-6-7-12(5-2)10-14-13(8-9-15)11-16-3/h12-15H,4-11H2,1-3H3. The molecule has 0 spiro atoms. The van der Waals surface area contributed by atoms with Gasteiger partial charge in [0.15, 0.2) is 0 Å². The summed E-state index contributed by atoms with van der Waals surface area (Å²) in [4.78, 5) is 0. The molecule has 0 aromatic heterocycles. The van der Waals surface area contributed by atoms with Gasteiger partial charge in [0.1, 0.15) is 0 Å². The number of unbranched alkanes of at least 4 members (excludes halogenated alkanes) is 1. The smallest absolute Gasteiger partial charge is 0.0616 e. The van der Waals surface area contributed by atoms with Crippen molar-refractivity contribution in [3.05, 3.63) is 0 Å². The van der Waals surface area contributed by atoms with Gasteiger partial charge in [0, 0.05) is 19.8 Å². The average Bonchev–Trinajstić information content (AvgIpc) is 2.30. The van der Waals surface area contributed by atoms with Crippen molar-refractivity contribution in [2.45, 2.75) is 52.0 Å². The number of rotatable bonds is 11. The Kier molecular flexibility index (Phi) is 11.3. The molecule has 0 radical (unpaired) electrons. The molecule has 3 heteroatoms. The highest BCUT2D eigenvalue weighted by molar-refractivity contribution is 4.69. The Bertz CT molecular complexity index is 136. The molecule has 2 atom stereocenters. The summed E-state index contributed by atoms with van der Waals surface area (Å²) >= 11 is 0. The fraction of sp³-hybridized carbons (Fsp3) is 1.00. The summed E-state index contributed by atoms with van der Waals surface area (Å²) in [5.74, 6) is 0.762. The third kappa shape index (κ3) is 8.08. The zero-order chi connectivity index (χ0) is 12.2. The van der Waals surface area contributed by atoms with Crippen LogP contribution in [0.2, 0.25) is 0 Å². The second-order valence-corrected chi connectivity index (χ2v) is 4.49. The number of hydrogen-bond acceptors (Lipinski definition) is 3. The zero-order valence-corrected chi connectivity index (χ0v) is 11.2. The van der Waals surface area contributed by atoms with Crippen molar-refractivity contribution >= 4 is 0 Å². The van der Waals surface area contributed by atoms with E-state index in [4.69, 9.17) is 9.84 Å². The van der Waals surface area contributed by atoms with Crippen LogP contribution < -0.4 is 5.32 Å². The summed E-state index contributed by atoms with van der Waals surface area (Å²) in [5.41, 5.74) is 0. The first kappa shape index (κ1) is 15.9. The molecule has 2 unspecified atom stereocenters. The molecule has 98 valence electrons. The molecule has 0 aromatic carbocycles. The number of hydrogen-bond donors (Lipinski definition) is 2. The first-order valence-corrected chi connectivity index (χ1v) is 6.61. The highest BCUT2D eigenvalue weighted by Crippen LogP contribution is 2.11. The van der Waals surface area contributed by atoms with Crippen molar-refractivity contribution in [3.63, 3.8) is 0 Å². The van der Waals surface area contributed by atoms with Crippen LogP contribution >= 0.6 is 0 Å². The monoisotopic (exact) mass is 231 g/mol. The van der Waals surface area contributed by atoms with Crippen molar-refractivity contribution < 1.29 is 9.84 Å². The summed E-state index contributed by atoms with van der Waals surface area (Å²) in [5, 5.41) is 12.4. The Labute approximate surface area is 101 Å². The molecule has 0 heterocycles. The summed E-state index contributed by atoms with van der Waals surface area (Å²) in [6, 6.07) is 0.297. The summed E-state index contributed by atoms with van der Waals surface area (Å²) < 4.78 is 5.13. The van der Waals surface area contributed by atoms with E-state index >= 15 is 0 Å². The van der Waals surface area contributed by atoms with Crippen molar-refractivity contribution in [1.82, 2.24) is 5.32 Å². The maximum Gasteiger partial charge on any atom is 0.0616 e. The van der Waals surface area contributed by atoms with E-state index in [9.17, 15) is 0 Å². The van der Waals surface area contributed by atoms with Crippen LogP contribution in [0.1, 0.15) is 46.0 Å². The van der Waals surface area contributed by atoms with Gasteiger partial charge in [-0.1, -0.05) is 33.1 Å². The van der Waals surface area contributed by atoms with Crippen LogP contribution in [0.25, 0.3) is 0 Å². The molecular weight excluding hydrogens is 202 g/mol. The maximum atomic E-state index is 8.93. The van der Waals surface area contributed by atoms with Crippen LogP contribution in [0.4, 0.5) is 0 Å². The predicted octanol–water partition coefficient (Wildman–Crippen LogP) is 2.19. The lowest BCUT2D eigenvalue weighted by molar-refractivity contribution is 0.145. The molecule has 0 aliphatic carbocycles. The number of ether oxygens (including phenoxy) is 1. The number of aliphatic hydroxyl groups is 1. The largest absolute Gasteiger partial charge is 0.396 e. The molecule has 0 fully saturated rings. The van der Waals surface area contributed by atoms with E-state index in [1.807, 2.05) is 0 Å². The zero-order valence-electron chi connectivity index (χ0n) is 11.2. The Morgan fingerprint density at radius 1 is 1.25 bits per heavy atom. The third-order valence-corrected chi connectivity index (χ3v) is 3.08. The average molecular weight is 231 g/mol. The molecule has 0 bridgehead atoms. The quantitative estimate of drug-likeness (QED) is 0.573. The van der Waals surface area contributed by atoms with Crippen molar-refractivity contribution in [1.29, 1.82) is 0 Å². The second-order valence-electron chi connectivity index (χ2n) is 4.49. The van der Waals surface area contributed by atoms with Gasteiger partial charge in [0.25, 0.3) is 0 Å². The molecule has 3 nitrogen and oxygen atoms in total. The van der Waals surface area contributed by atoms with E-state index in [1.165, 1.54) is 25.7 Å². The van der Waals surface area contributed by atoms with Crippen molar-refractivity contribution in [2.24, 2.45) is 5.92 Å². The van der Waals surface area contributed by atoms with Gasteiger partial charge in [-0.3, -0.25) is 0 Å². The minimum Gasteiger partial charge on any atom is -0.396 e. The Morgan fingerprint density at radius 2 is 2.00 bits per heavy atom. The number of aliphatic hydroxyl groups excluding tert-OH is 1. The molecule has 2 N–H and O–H groups in total. The first-order chi connectivity index (χ1) is 7.78. The molecular formula is C13H29NO2. The molecule has 16 heavy (non-hydrogen) atoms. The van der Waals surface area contributed by atoms with Crippen LogP contribution in [0.3, 0.4) is 0 Å². The number of methoxy groups -OCH3 is 1. The molecule has 0 saturated carbocycles. The summed E-state index contributed by atoms with van der Waals surface area (Å²) in [6.07, 6.45) is 5.90. The normalized spacial score (nSPS) is 15.0. The van der Waals surface area contributed by atoms with Crippen LogP contribution in [-0.2, 0) is 4.74 Å². The lowest BCUT2D eigenvalue weighted by atomic mass is 9.99. The highest BCUT2D eigenvalue weighted by atomic mass is 16.5. The van der Waals surface area contributed by atoms with Gasteiger partial charge in [0.05, 0.1) is 6.61 Å². The van der Waals surface area contributed by atoms with Crippen molar-refractivity contribution in [2.75, 3.05) is 26.9 Å². The van der Waals surface area contributed by atoms with Crippen LogP contribution in [-0.4, -0.2) is 38.0 Å². The maximum absolute atomic E-state index is 8.93. The first-order valence-electron chi connectivity index (χ1n) is 6.61. The lowest BCUT2D eigenvalue weighted by Gasteiger charge is -2.21. The van der Waals surface area contributed by atoms with Gasteiger partial charge in [-0.15, -0.1) is 0 Å². The third-order valence-electron chi connectivity index (χ3n) is 3.08. The van der Waals surface area contributed by atoms with Gasteiger partial charge in [0.2, 0.25) is 0 Å². The molecule has 0 aliphatic heterocycles. The van der Waals surface area contributed by atoms with Gasteiger partial charge in [-0.25, -0.2) is 0 Å². The van der Waals surface area contributed by atoms with Gasteiger partial charge in [-0.2, -0.15) is 0 Å². The topological polar surface area (TPSA) is 41.5 Å². The molecule has 0 aliphatic rings. The SMILES string of the molecule is CCCCC(CC)CNC(CCO)COC. The molecule has 0 aromatic rings. The van der Waals surface area contributed by atoms with E-state index in [1.54, 1.807) is 7.11 Å². The van der Waals surface area contributed by atoms with E-state index in [0.717, 1.165) is 18.9 Å².